The van der Waals surface area contributed by atoms with Crippen LogP contribution in [0.15, 0.2) is 29.2 Å². The topological polar surface area (TPSA) is 40.5 Å². The van der Waals surface area contributed by atoms with Crippen LogP contribution in [0.25, 0.3) is 0 Å². The van der Waals surface area contributed by atoms with Gasteiger partial charge in [0.15, 0.2) is 6.29 Å². The quantitative estimate of drug-likeness (QED) is 0.491. The van der Waals surface area contributed by atoms with Crippen molar-refractivity contribution in [1.82, 2.24) is 0 Å². The Morgan fingerprint density at radius 1 is 1.21 bits per heavy atom. The molecule has 1 aromatic rings. The summed E-state index contributed by atoms with van der Waals surface area (Å²) >= 11 is 12.6. The van der Waals surface area contributed by atoms with Gasteiger partial charge in [-0.15, -0.1) is 23.4 Å². The van der Waals surface area contributed by atoms with Crippen LogP contribution in [-0.2, 0) is 0 Å². The Hall–Kier alpha value is 0.0700. The molecule has 0 saturated carbocycles. The molecule has 0 aliphatic carbocycles. The zero-order valence-electron chi connectivity index (χ0n) is 7.23. The monoisotopic (exact) mass is 252 g/mol. The lowest BCUT2D eigenvalue weighted by Gasteiger charge is -2.15. The van der Waals surface area contributed by atoms with Crippen LogP contribution < -0.4 is 0 Å². The van der Waals surface area contributed by atoms with Crippen LogP contribution in [0.5, 0.6) is 0 Å². The second kappa shape index (κ2) is 5.83. The maximum Gasteiger partial charge on any atom is 0.164 e. The van der Waals surface area contributed by atoms with Crippen LogP contribution in [-0.4, -0.2) is 27.6 Å². The van der Waals surface area contributed by atoms with Gasteiger partial charge in [0.25, 0.3) is 0 Å². The fraction of sp³-hybridized carbons (Fsp3) is 0.333. The number of hydrogen-bond acceptors (Lipinski definition) is 3. The lowest BCUT2D eigenvalue weighted by Crippen LogP contribution is -2.23. The maximum atomic E-state index is 8.95. The molecule has 0 spiro atoms. The van der Waals surface area contributed by atoms with Crippen LogP contribution in [0, 0.1) is 0 Å². The highest BCUT2D eigenvalue weighted by Gasteiger charge is 2.16. The summed E-state index contributed by atoms with van der Waals surface area (Å²) in [5.41, 5.74) is 0. The zero-order chi connectivity index (χ0) is 10.6. The van der Waals surface area contributed by atoms with Gasteiger partial charge in [-0.3, -0.25) is 0 Å². The van der Waals surface area contributed by atoms with Crippen LogP contribution in [0.1, 0.15) is 0 Å². The first-order valence-electron chi connectivity index (χ1n) is 3.98. The third-order valence-electron chi connectivity index (χ3n) is 1.59. The van der Waals surface area contributed by atoms with Crippen molar-refractivity contribution < 1.29 is 10.2 Å². The van der Waals surface area contributed by atoms with Crippen LogP contribution in [0.4, 0.5) is 0 Å². The second-order valence-corrected chi connectivity index (χ2v) is 4.74. The zero-order valence-corrected chi connectivity index (χ0v) is 9.56. The number of thioether (sulfide) groups is 1. The van der Waals surface area contributed by atoms with Crippen molar-refractivity contribution >= 4 is 35.0 Å². The van der Waals surface area contributed by atoms with Crippen molar-refractivity contribution in [1.29, 1.82) is 0 Å². The summed E-state index contributed by atoms with van der Waals surface area (Å²) in [4.78, 5) is 0.910. The first-order valence-corrected chi connectivity index (χ1v) is 5.77. The van der Waals surface area contributed by atoms with Crippen molar-refractivity contribution in [2.45, 2.75) is 16.4 Å². The molecule has 0 saturated heterocycles. The highest BCUT2D eigenvalue weighted by molar-refractivity contribution is 8.00. The number of rotatable bonds is 4. The molecule has 1 aromatic carbocycles. The smallest absolute Gasteiger partial charge is 0.164 e. The van der Waals surface area contributed by atoms with E-state index in [2.05, 4.69) is 0 Å². The number of hydrogen-bond donors (Lipinski definition) is 2. The molecular formula is C9H10Cl2O2S. The number of alkyl halides is 1. The van der Waals surface area contributed by atoms with Crippen LogP contribution >= 0.6 is 35.0 Å². The van der Waals surface area contributed by atoms with E-state index in [0.717, 1.165) is 4.90 Å². The third-order valence-corrected chi connectivity index (χ3v) is 3.61. The van der Waals surface area contributed by atoms with Crippen molar-refractivity contribution in [2.75, 3.05) is 5.88 Å². The molecule has 5 heteroatoms. The standard InChI is InChI=1S/C9H10Cl2O2S/c10-5-8(9(12)13)14-7-3-1-6(11)2-4-7/h1-4,8-9,12-13H,5H2. The molecule has 0 aromatic heterocycles. The fourth-order valence-electron chi connectivity index (χ4n) is 0.860. The first-order chi connectivity index (χ1) is 6.63. The molecule has 78 valence electrons. The van der Waals surface area contributed by atoms with Crippen LogP contribution in [0.2, 0.25) is 5.02 Å². The summed E-state index contributed by atoms with van der Waals surface area (Å²) in [6.07, 6.45) is -1.41. The molecule has 0 aliphatic rings. The number of aliphatic hydroxyl groups excluding tert-OH is 1. The molecule has 2 N–H and O–H groups in total. The third kappa shape index (κ3) is 3.67. The SMILES string of the molecule is OC(O)C(CCl)Sc1ccc(Cl)cc1. The van der Waals surface area contributed by atoms with Crippen molar-refractivity contribution in [2.24, 2.45) is 0 Å². The van der Waals surface area contributed by atoms with E-state index in [4.69, 9.17) is 33.4 Å². The lowest BCUT2D eigenvalue weighted by molar-refractivity contribution is -0.0360. The Morgan fingerprint density at radius 3 is 2.21 bits per heavy atom. The number of aliphatic hydroxyl groups is 2. The van der Waals surface area contributed by atoms with Gasteiger partial charge in [-0.2, -0.15) is 0 Å². The molecule has 0 amide bonds. The van der Waals surface area contributed by atoms with Gasteiger partial charge in [-0.05, 0) is 24.3 Å². The highest BCUT2D eigenvalue weighted by Crippen LogP contribution is 2.26. The largest absolute Gasteiger partial charge is 0.367 e. The molecule has 0 aliphatic heterocycles. The van der Waals surface area contributed by atoms with Gasteiger partial charge >= 0.3 is 0 Å². The summed E-state index contributed by atoms with van der Waals surface area (Å²) in [7, 11) is 0. The van der Waals surface area contributed by atoms with Gasteiger partial charge in [0.2, 0.25) is 0 Å². The van der Waals surface area contributed by atoms with Crippen molar-refractivity contribution in [3.63, 3.8) is 0 Å². The Morgan fingerprint density at radius 2 is 1.79 bits per heavy atom. The Bertz CT molecular complexity index is 277. The first kappa shape index (κ1) is 12.1. The average molecular weight is 253 g/mol. The summed E-state index contributed by atoms with van der Waals surface area (Å²) in [5.74, 6) is 0.185. The van der Waals surface area contributed by atoms with Gasteiger partial charge in [0.1, 0.15) is 0 Å². The summed E-state index contributed by atoms with van der Waals surface area (Å²) in [6, 6.07) is 7.13. The van der Waals surface area contributed by atoms with Gasteiger partial charge in [-0.1, -0.05) is 11.6 Å². The van der Waals surface area contributed by atoms with Crippen LogP contribution in [0.3, 0.4) is 0 Å². The number of halogens is 2. The second-order valence-electron chi connectivity index (χ2n) is 2.68. The fourth-order valence-corrected chi connectivity index (χ4v) is 2.16. The molecule has 14 heavy (non-hydrogen) atoms. The summed E-state index contributed by atoms with van der Waals surface area (Å²) in [6.45, 7) is 0. The maximum absolute atomic E-state index is 8.95. The van der Waals surface area contributed by atoms with E-state index < -0.39 is 11.5 Å². The number of benzene rings is 1. The minimum atomic E-state index is -1.41. The Labute approximate surface area is 96.8 Å². The predicted molar refractivity (Wildman–Crippen MR) is 60.0 cm³/mol. The van der Waals surface area contributed by atoms with E-state index in [1.807, 2.05) is 12.1 Å². The molecule has 1 unspecified atom stereocenters. The van der Waals surface area contributed by atoms with E-state index in [9.17, 15) is 0 Å². The molecule has 0 bridgehead atoms. The predicted octanol–water partition coefficient (Wildman–Crippen LogP) is 2.35. The molecule has 0 heterocycles. The van der Waals surface area contributed by atoms with E-state index >= 15 is 0 Å². The van der Waals surface area contributed by atoms with Gasteiger partial charge in [0, 0.05) is 15.8 Å². The van der Waals surface area contributed by atoms with Crippen molar-refractivity contribution in [3.05, 3.63) is 29.3 Å². The molecule has 0 fully saturated rings. The molecule has 1 rings (SSSR count). The minimum absolute atomic E-state index is 0.185. The average Bonchev–Trinajstić information content (AvgIpc) is 2.16. The Kier molecular flexibility index (Phi) is 5.06. The van der Waals surface area contributed by atoms with Gasteiger partial charge < -0.3 is 10.2 Å². The highest BCUT2D eigenvalue weighted by atomic mass is 35.5. The summed E-state index contributed by atoms with van der Waals surface area (Å²) in [5, 5.41) is 18.1. The van der Waals surface area contributed by atoms with Crippen molar-refractivity contribution in [3.8, 4) is 0 Å². The van der Waals surface area contributed by atoms with Gasteiger partial charge in [-0.25, -0.2) is 0 Å². The minimum Gasteiger partial charge on any atom is -0.367 e. The van der Waals surface area contributed by atoms with E-state index in [-0.39, 0.29) is 5.88 Å². The molecule has 2 nitrogen and oxygen atoms in total. The molecule has 0 radical (unpaired) electrons. The van der Waals surface area contributed by atoms with E-state index in [0.29, 0.717) is 5.02 Å². The molecular weight excluding hydrogens is 243 g/mol. The Balaban J connectivity index is 2.63. The molecule has 1 atom stereocenters. The van der Waals surface area contributed by atoms with E-state index in [1.165, 1.54) is 11.8 Å². The lowest BCUT2D eigenvalue weighted by atomic mass is 10.4. The van der Waals surface area contributed by atoms with Gasteiger partial charge in [0.05, 0.1) is 5.25 Å². The summed E-state index contributed by atoms with van der Waals surface area (Å²) < 4.78 is 0. The normalized spacial score (nSPS) is 13.2. The van der Waals surface area contributed by atoms with E-state index in [1.54, 1.807) is 12.1 Å².